The molecule has 5 aromatic rings. The van der Waals surface area contributed by atoms with Crippen molar-refractivity contribution in [3.63, 3.8) is 0 Å². The molecule has 0 atom stereocenters. The molecular weight excluding hydrogens is 735 g/mol. The number of piperazine rings is 1. The van der Waals surface area contributed by atoms with Crippen molar-refractivity contribution in [2.75, 3.05) is 39.4 Å². The van der Waals surface area contributed by atoms with Gasteiger partial charge in [-0.25, -0.2) is 4.98 Å². The Morgan fingerprint density at radius 2 is 1.51 bits per heavy atom. The van der Waals surface area contributed by atoms with Crippen LogP contribution in [0.15, 0.2) is 109 Å². The quantitative estimate of drug-likeness (QED) is 0.106. The summed E-state index contributed by atoms with van der Waals surface area (Å²) in [5.74, 6) is 2.27. The molecule has 1 amide bonds. The second-order valence-corrected chi connectivity index (χ2v) is 13.6. The number of carbonyl (C=O) groups is 1. The monoisotopic (exact) mass is 778 g/mol. The van der Waals surface area contributed by atoms with Gasteiger partial charge in [0.1, 0.15) is 18.1 Å². The highest BCUT2D eigenvalue weighted by molar-refractivity contribution is 6.32. The molecule has 1 aliphatic rings. The van der Waals surface area contributed by atoms with Crippen LogP contribution in [0.5, 0.6) is 23.1 Å². The number of nitrogens with zero attached hydrogens (tertiary/aromatic N) is 4. The number of pyridine rings is 1. The minimum Gasteiger partial charge on any atom is -0.493 e. The molecule has 0 unspecified atom stereocenters. The third-order valence-corrected chi connectivity index (χ3v) is 9.45. The minimum absolute atomic E-state index is 0. The number of aliphatic hydroxyl groups excluding tert-OH is 1. The molecule has 55 heavy (non-hydrogen) atoms. The van der Waals surface area contributed by atoms with Gasteiger partial charge in [0.25, 0.3) is 0 Å². The van der Waals surface area contributed by atoms with E-state index in [1.54, 1.807) is 48.7 Å². The number of hydrogen-bond acceptors (Lipinski definition) is 8. The highest BCUT2D eigenvalue weighted by atomic mass is 35.5. The molecule has 0 radical (unpaired) electrons. The van der Waals surface area contributed by atoms with Gasteiger partial charge in [0.2, 0.25) is 11.8 Å². The van der Waals surface area contributed by atoms with Crippen molar-refractivity contribution in [3.05, 3.63) is 153 Å². The average molecular weight is 780 g/mol. The van der Waals surface area contributed by atoms with Gasteiger partial charge in [-0.2, -0.15) is 5.26 Å². The highest BCUT2D eigenvalue weighted by Gasteiger charge is 2.20. The van der Waals surface area contributed by atoms with Crippen LogP contribution in [0.3, 0.4) is 0 Å². The molecule has 1 saturated heterocycles. The summed E-state index contributed by atoms with van der Waals surface area (Å²) in [5.41, 5.74) is 6.74. The van der Waals surface area contributed by atoms with Crippen LogP contribution in [0, 0.1) is 18.3 Å². The first-order valence-electron chi connectivity index (χ1n) is 18.0. The van der Waals surface area contributed by atoms with E-state index in [-0.39, 0.29) is 24.9 Å². The van der Waals surface area contributed by atoms with Crippen LogP contribution in [-0.4, -0.2) is 65.2 Å². The largest absolute Gasteiger partial charge is 0.493 e. The zero-order valence-corrected chi connectivity index (χ0v) is 32.3. The van der Waals surface area contributed by atoms with Crippen molar-refractivity contribution in [1.82, 2.24) is 14.8 Å². The summed E-state index contributed by atoms with van der Waals surface area (Å²) in [5, 5.41) is 18.4. The molecule has 1 aliphatic heterocycles. The molecule has 9 nitrogen and oxygen atoms in total. The molecule has 0 saturated carbocycles. The third-order valence-electron chi connectivity index (χ3n) is 9.17. The Balaban J connectivity index is 0.00000580. The average Bonchev–Trinajstić information content (AvgIpc) is 3.20. The van der Waals surface area contributed by atoms with Crippen molar-refractivity contribution in [2.24, 2.45) is 0 Å². The van der Waals surface area contributed by atoms with E-state index in [2.05, 4.69) is 40.2 Å². The van der Waals surface area contributed by atoms with E-state index in [9.17, 15) is 4.79 Å². The molecule has 1 N–H and O–H groups in total. The number of nitriles is 1. The van der Waals surface area contributed by atoms with Gasteiger partial charge in [0, 0.05) is 57.9 Å². The van der Waals surface area contributed by atoms with E-state index in [4.69, 9.17) is 36.2 Å². The Bertz CT molecular complexity index is 2040. The lowest BCUT2D eigenvalue weighted by Gasteiger charge is -2.34. The summed E-state index contributed by atoms with van der Waals surface area (Å²) in [7, 11) is 0. The number of aliphatic hydroxyl groups is 1. The van der Waals surface area contributed by atoms with Crippen molar-refractivity contribution in [3.8, 4) is 29.2 Å². The molecule has 0 bridgehead atoms. The number of aromatic nitrogens is 1. The van der Waals surface area contributed by atoms with Gasteiger partial charge >= 0.3 is 0 Å². The minimum atomic E-state index is -0.0258. The van der Waals surface area contributed by atoms with E-state index in [1.165, 1.54) is 11.1 Å². The van der Waals surface area contributed by atoms with Crippen LogP contribution < -0.4 is 14.2 Å². The maximum atomic E-state index is 13.1. The molecule has 6 rings (SSSR count). The van der Waals surface area contributed by atoms with Crippen molar-refractivity contribution >= 4 is 36.0 Å². The lowest BCUT2D eigenvalue weighted by Crippen LogP contribution is -2.47. The van der Waals surface area contributed by atoms with Crippen LogP contribution in [0.1, 0.15) is 38.9 Å². The Kier molecular flexibility index (Phi) is 15.1. The number of carbonyl (C=O) groups excluding carboxylic acids is 1. The molecular formula is C44H44Cl2N4O5. The van der Waals surface area contributed by atoms with Gasteiger partial charge in [-0.15, -0.1) is 12.4 Å². The van der Waals surface area contributed by atoms with Crippen LogP contribution in [0.2, 0.25) is 5.02 Å². The van der Waals surface area contributed by atoms with Gasteiger partial charge in [-0.05, 0) is 95.3 Å². The standard InChI is InChI=1S/C44H43ClN4O5.ClH/c1-32-26-38(27-41(45)44(32)54-42-16-15-40(29-47-42)53-31-37-8-4-35(28-46)5-9-37)12-17-43(51)49-22-20-48(21-23-49)30-36-6-2-34(3-7-36)19-25-52-39-13-10-33(11-14-39)18-24-50;/h2-17,26-27,29,50H,18-25,30-31H2,1H3;1H. The van der Waals surface area contributed by atoms with E-state index in [0.717, 1.165) is 54.1 Å². The van der Waals surface area contributed by atoms with Crippen molar-refractivity contribution in [2.45, 2.75) is 32.9 Å². The SMILES string of the molecule is Cc1cc(C=CC(=O)N2CCN(Cc3ccc(CCOc4ccc(CCO)cc4)cc3)CC2)cc(Cl)c1Oc1ccc(OCc2ccc(C#N)cc2)cn1.Cl. The van der Waals surface area contributed by atoms with Crippen LogP contribution in [0.4, 0.5) is 0 Å². The molecule has 1 aromatic heterocycles. The smallest absolute Gasteiger partial charge is 0.246 e. The van der Waals surface area contributed by atoms with E-state index < -0.39 is 0 Å². The van der Waals surface area contributed by atoms with Gasteiger partial charge < -0.3 is 24.2 Å². The molecule has 11 heteroatoms. The number of amides is 1. The third kappa shape index (κ3) is 12.1. The highest BCUT2D eigenvalue weighted by Crippen LogP contribution is 2.34. The first-order chi connectivity index (χ1) is 26.3. The van der Waals surface area contributed by atoms with Crippen LogP contribution in [-0.2, 0) is 30.8 Å². The lowest BCUT2D eigenvalue weighted by molar-refractivity contribution is -0.127. The Labute approximate surface area is 333 Å². The molecule has 0 spiro atoms. The van der Waals surface area contributed by atoms with Gasteiger partial charge in [0.05, 0.1) is 29.5 Å². The predicted octanol–water partition coefficient (Wildman–Crippen LogP) is 8.22. The van der Waals surface area contributed by atoms with Crippen LogP contribution >= 0.6 is 24.0 Å². The molecule has 2 heterocycles. The Morgan fingerprint density at radius 1 is 0.855 bits per heavy atom. The van der Waals surface area contributed by atoms with E-state index >= 15 is 0 Å². The summed E-state index contributed by atoms with van der Waals surface area (Å²) < 4.78 is 17.7. The normalized spacial score (nSPS) is 12.9. The van der Waals surface area contributed by atoms with E-state index in [0.29, 0.717) is 60.7 Å². The van der Waals surface area contributed by atoms with Crippen LogP contribution in [0.25, 0.3) is 6.08 Å². The second kappa shape index (κ2) is 20.3. The van der Waals surface area contributed by atoms with Gasteiger partial charge in [-0.1, -0.05) is 60.1 Å². The first kappa shape index (κ1) is 40.8. The number of hydrogen-bond donors (Lipinski definition) is 1. The maximum Gasteiger partial charge on any atom is 0.246 e. The fourth-order valence-electron chi connectivity index (χ4n) is 6.08. The fourth-order valence-corrected chi connectivity index (χ4v) is 6.39. The Hall–Kier alpha value is -5.37. The maximum absolute atomic E-state index is 13.1. The summed E-state index contributed by atoms with van der Waals surface area (Å²) >= 11 is 6.62. The first-order valence-corrected chi connectivity index (χ1v) is 18.4. The predicted molar refractivity (Wildman–Crippen MR) is 217 cm³/mol. The summed E-state index contributed by atoms with van der Waals surface area (Å²) in [6, 6.07) is 33.1. The summed E-state index contributed by atoms with van der Waals surface area (Å²) in [6.07, 6.45) is 6.46. The summed E-state index contributed by atoms with van der Waals surface area (Å²) in [4.78, 5) is 21.7. The molecule has 0 aliphatic carbocycles. The number of ether oxygens (including phenoxy) is 3. The Morgan fingerprint density at radius 3 is 2.16 bits per heavy atom. The number of benzene rings is 4. The number of aryl methyl sites for hydroxylation is 1. The zero-order chi connectivity index (χ0) is 37.7. The topological polar surface area (TPSA) is 108 Å². The molecule has 4 aromatic carbocycles. The number of halogens is 2. The number of rotatable bonds is 15. The summed E-state index contributed by atoms with van der Waals surface area (Å²) in [6.45, 7) is 6.79. The van der Waals surface area contributed by atoms with Gasteiger partial charge in [-0.3, -0.25) is 9.69 Å². The molecule has 1 fully saturated rings. The zero-order valence-electron chi connectivity index (χ0n) is 30.7. The van der Waals surface area contributed by atoms with E-state index in [1.807, 2.05) is 54.3 Å². The lowest BCUT2D eigenvalue weighted by atomic mass is 10.1. The van der Waals surface area contributed by atoms with Crippen molar-refractivity contribution < 1.29 is 24.1 Å². The van der Waals surface area contributed by atoms with Crippen molar-refractivity contribution in [1.29, 1.82) is 5.26 Å². The molecule has 284 valence electrons. The fraction of sp³-hybridized carbons (Fsp3) is 0.250. The second-order valence-electron chi connectivity index (χ2n) is 13.1. The van der Waals surface area contributed by atoms with Gasteiger partial charge in [0.15, 0.2) is 5.75 Å².